The van der Waals surface area contributed by atoms with Crippen molar-refractivity contribution in [1.82, 2.24) is 14.8 Å². The van der Waals surface area contributed by atoms with Gasteiger partial charge in [0.05, 0.1) is 0 Å². The SMILES string of the molecule is Cc1ccccc1OCC(O)CN1CCN(Cc2cc3ccccc3[nH]2)CC1. The van der Waals surface area contributed by atoms with Gasteiger partial charge in [-0.1, -0.05) is 36.4 Å². The lowest BCUT2D eigenvalue weighted by Gasteiger charge is -2.35. The number of piperazine rings is 1. The molecule has 1 atom stereocenters. The predicted octanol–water partition coefficient (Wildman–Crippen LogP) is 3.03. The summed E-state index contributed by atoms with van der Waals surface area (Å²) in [6.45, 7) is 7.94. The molecule has 1 saturated heterocycles. The van der Waals surface area contributed by atoms with Crippen molar-refractivity contribution in [2.24, 2.45) is 0 Å². The van der Waals surface area contributed by atoms with E-state index in [2.05, 4.69) is 45.1 Å². The Morgan fingerprint density at radius 1 is 1.00 bits per heavy atom. The lowest BCUT2D eigenvalue weighted by atomic mass is 10.2. The molecule has 28 heavy (non-hydrogen) atoms. The number of aromatic amines is 1. The highest BCUT2D eigenvalue weighted by Crippen LogP contribution is 2.18. The Hall–Kier alpha value is -2.34. The van der Waals surface area contributed by atoms with Crippen LogP contribution in [-0.2, 0) is 6.54 Å². The molecule has 1 aliphatic heterocycles. The van der Waals surface area contributed by atoms with Gasteiger partial charge in [0, 0.05) is 50.5 Å². The van der Waals surface area contributed by atoms with E-state index in [1.54, 1.807) is 0 Å². The van der Waals surface area contributed by atoms with Gasteiger partial charge in [0.1, 0.15) is 18.5 Å². The van der Waals surface area contributed by atoms with Crippen molar-refractivity contribution in [3.63, 3.8) is 0 Å². The normalized spacial score (nSPS) is 17.1. The van der Waals surface area contributed by atoms with E-state index in [1.807, 2.05) is 31.2 Å². The Bertz CT molecular complexity index is 867. The van der Waals surface area contributed by atoms with Gasteiger partial charge in [-0.05, 0) is 36.1 Å². The summed E-state index contributed by atoms with van der Waals surface area (Å²) in [6.07, 6.45) is -0.472. The first kappa shape index (κ1) is 19.0. The maximum absolute atomic E-state index is 10.4. The average Bonchev–Trinajstić information content (AvgIpc) is 3.11. The number of nitrogens with one attached hydrogen (secondary N) is 1. The fourth-order valence-electron chi connectivity index (χ4n) is 3.84. The van der Waals surface area contributed by atoms with Crippen LogP contribution in [0.15, 0.2) is 54.6 Å². The number of H-pyrrole nitrogens is 1. The third-order valence-corrected chi connectivity index (χ3v) is 5.44. The van der Waals surface area contributed by atoms with Crippen molar-refractivity contribution in [1.29, 1.82) is 0 Å². The first-order valence-electron chi connectivity index (χ1n) is 10.1. The Morgan fingerprint density at radius 3 is 2.50 bits per heavy atom. The minimum atomic E-state index is -0.472. The second-order valence-corrected chi connectivity index (χ2v) is 7.69. The highest BCUT2D eigenvalue weighted by Gasteiger charge is 2.20. The highest BCUT2D eigenvalue weighted by molar-refractivity contribution is 5.80. The quantitative estimate of drug-likeness (QED) is 0.663. The molecule has 1 fully saturated rings. The van der Waals surface area contributed by atoms with E-state index in [4.69, 9.17) is 4.74 Å². The maximum Gasteiger partial charge on any atom is 0.122 e. The topological polar surface area (TPSA) is 51.7 Å². The van der Waals surface area contributed by atoms with Crippen LogP contribution in [0.2, 0.25) is 0 Å². The molecule has 0 aliphatic carbocycles. The van der Waals surface area contributed by atoms with Crippen LogP contribution in [0.4, 0.5) is 0 Å². The van der Waals surface area contributed by atoms with Crippen molar-refractivity contribution in [2.75, 3.05) is 39.3 Å². The molecular formula is C23H29N3O2. The van der Waals surface area contributed by atoms with Crippen LogP contribution in [0.3, 0.4) is 0 Å². The van der Waals surface area contributed by atoms with E-state index in [0.717, 1.165) is 44.0 Å². The molecule has 2 heterocycles. The van der Waals surface area contributed by atoms with Crippen molar-refractivity contribution in [3.8, 4) is 5.75 Å². The Kier molecular flexibility index (Phi) is 5.95. The number of aromatic nitrogens is 1. The minimum Gasteiger partial charge on any atom is -0.491 e. The first-order valence-corrected chi connectivity index (χ1v) is 10.1. The van der Waals surface area contributed by atoms with Gasteiger partial charge in [0.15, 0.2) is 0 Å². The fraction of sp³-hybridized carbons (Fsp3) is 0.391. The summed E-state index contributed by atoms with van der Waals surface area (Å²) in [5.41, 5.74) is 3.56. The van der Waals surface area contributed by atoms with E-state index < -0.39 is 6.10 Å². The lowest BCUT2D eigenvalue weighted by Crippen LogP contribution is -2.48. The molecule has 0 spiro atoms. The first-order chi connectivity index (χ1) is 13.7. The summed E-state index contributed by atoms with van der Waals surface area (Å²) in [5, 5.41) is 11.6. The van der Waals surface area contributed by atoms with Gasteiger partial charge < -0.3 is 14.8 Å². The molecule has 4 rings (SSSR count). The molecule has 5 nitrogen and oxygen atoms in total. The Labute approximate surface area is 166 Å². The van der Waals surface area contributed by atoms with Crippen molar-refractivity contribution < 1.29 is 9.84 Å². The summed E-state index contributed by atoms with van der Waals surface area (Å²) in [7, 11) is 0. The number of hydrogen-bond acceptors (Lipinski definition) is 4. The molecule has 0 amide bonds. The highest BCUT2D eigenvalue weighted by atomic mass is 16.5. The van der Waals surface area contributed by atoms with Crippen molar-refractivity contribution in [2.45, 2.75) is 19.6 Å². The second-order valence-electron chi connectivity index (χ2n) is 7.69. The van der Waals surface area contributed by atoms with Gasteiger partial charge in [-0.25, -0.2) is 0 Å². The summed E-state index contributed by atoms with van der Waals surface area (Å²) in [5.74, 6) is 0.852. The maximum atomic E-state index is 10.4. The van der Waals surface area contributed by atoms with Crippen LogP contribution < -0.4 is 4.74 Å². The molecule has 2 N–H and O–H groups in total. The zero-order valence-corrected chi connectivity index (χ0v) is 16.5. The monoisotopic (exact) mass is 379 g/mol. The van der Waals surface area contributed by atoms with E-state index in [0.29, 0.717) is 13.2 Å². The number of fused-ring (bicyclic) bond motifs is 1. The molecule has 0 radical (unpaired) electrons. The fourth-order valence-corrected chi connectivity index (χ4v) is 3.84. The number of aliphatic hydroxyl groups excluding tert-OH is 1. The largest absolute Gasteiger partial charge is 0.491 e. The molecule has 1 unspecified atom stereocenters. The molecular weight excluding hydrogens is 350 g/mol. The molecule has 0 saturated carbocycles. The van der Waals surface area contributed by atoms with Crippen LogP contribution in [0, 0.1) is 6.92 Å². The number of rotatable bonds is 7. The van der Waals surface area contributed by atoms with Crippen LogP contribution in [0.5, 0.6) is 5.75 Å². The molecule has 2 aromatic carbocycles. The molecule has 1 aromatic heterocycles. The molecule has 5 heteroatoms. The van der Waals surface area contributed by atoms with Crippen LogP contribution >= 0.6 is 0 Å². The summed E-state index contributed by atoms with van der Waals surface area (Å²) in [6, 6.07) is 18.6. The van der Waals surface area contributed by atoms with Crippen LogP contribution in [-0.4, -0.2) is 65.3 Å². The second kappa shape index (κ2) is 8.78. The molecule has 148 valence electrons. The minimum absolute atomic E-state index is 0.333. The number of nitrogens with zero attached hydrogens (tertiary/aromatic N) is 2. The number of ether oxygens (including phenoxy) is 1. The van der Waals surface area contributed by atoms with Crippen LogP contribution in [0.25, 0.3) is 10.9 Å². The van der Waals surface area contributed by atoms with Crippen LogP contribution in [0.1, 0.15) is 11.3 Å². The van der Waals surface area contributed by atoms with Gasteiger partial charge in [0.25, 0.3) is 0 Å². The van der Waals surface area contributed by atoms with E-state index in [1.165, 1.54) is 16.6 Å². The van der Waals surface area contributed by atoms with E-state index in [-0.39, 0.29) is 0 Å². The third-order valence-electron chi connectivity index (χ3n) is 5.44. The smallest absolute Gasteiger partial charge is 0.122 e. The van der Waals surface area contributed by atoms with Crippen molar-refractivity contribution in [3.05, 3.63) is 65.9 Å². The molecule has 0 bridgehead atoms. The number of aryl methyl sites for hydroxylation is 1. The number of para-hydroxylation sites is 2. The standard InChI is InChI=1S/C23H29N3O2/c1-18-6-2-5-9-23(18)28-17-21(27)16-26-12-10-25(11-13-26)15-20-14-19-7-3-4-8-22(19)24-20/h2-9,14,21,24,27H,10-13,15-17H2,1H3. The zero-order valence-electron chi connectivity index (χ0n) is 16.5. The summed E-state index contributed by atoms with van der Waals surface area (Å²) >= 11 is 0. The van der Waals surface area contributed by atoms with Gasteiger partial charge in [-0.3, -0.25) is 9.80 Å². The Balaban J connectivity index is 1.21. The summed E-state index contributed by atoms with van der Waals surface area (Å²) < 4.78 is 5.78. The van der Waals surface area contributed by atoms with Gasteiger partial charge >= 0.3 is 0 Å². The van der Waals surface area contributed by atoms with E-state index in [9.17, 15) is 5.11 Å². The van der Waals surface area contributed by atoms with Gasteiger partial charge in [-0.2, -0.15) is 0 Å². The van der Waals surface area contributed by atoms with Gasteiger partial charge in [0.2, 0.25) is 0 Å². The zero-order chi connectivity index (χ0) is 19.3. The number of aliphatic hydroxyl groups is 1. The predicted molar refractivity (Wildman–Crippen MR) is 113 cm³/mol. The molecule has 3 aromatic rings. The van der Waals surface area contributed by atoms with Gasteiger partial charge in [-0.15, -0.1) is 0 Å². The average molecular weight is 380 g/mol. The van der Waals surface area contributed by atoms with Crippen molar-refractivity contribution >= 4 is 10.9 Å². The number of hydrogen-bond donors (Lipinski definition) is 2. The van der Waals surface area contributed by atoms with E-state index >= 15 is 0 Å². The summed E-state index contributed by atoms with van der Waals surface area (Å²) in [4.78, 5) is 8.31. The third kappa shape index (κ3) is 4.73. The lowest BCUT2D eigenvalue weighted by molar-refractivity contribution is 0.0443. The number of β-amino-alcohol motifs (C(OH)–C–C–N with tert-alkyl or cyclic N) is 1. The molecule has 1 aliphatic rings. The number of benzene rings is 2. The Morgan fingerprint density at radius 2 is 1.71 bits per heavy atom.